The number of carbonyl (C=O) groups is 1. The van der Waals surface area contributed by atoms with Gasteiger partial charge in [0.25, 0.3) is 0 Å². The van der Waals surface area contributed by atoms with Gasteiger partial charge >= 0.3 is 0 Å². The maximum absolute atomic E-state index is 13.3. The molecule has 0 N–H and O–H groups in total. The van der Waals surface area contributed by atoms with Gasteiger partial charge in [0.05, 0.1) is 42.1 Å². The van der Waals surface area contributed by atoms with E-state index in [-0.39, 0.29) is 17.4 Å². The fourth-order valence-corrected chi connectivity index (χ4v) is 3.98. The van der Waals surface area contributed by atoms with Crippen LogP contribution in [0.25, 0.3) is 0 Å². The molecule has 7 heteroatoms. The fourth-order valence-electron chi connectivity index (χ4n) is 3.78. The van der Waals surface area contributed by atoms with E-state index in [0.717, 1.165) is 30.0 Å². The lowest BCUT2D eigenvalue weighted by molar-refractivity contribution is -0.131. The van der Waals surface area contributed by atoms with Crippen molar-refractivity contribution in [1.82, 2.24) is 14.7 Å². The Bertz CT molecular complexity index is 816. The highest BCUT2D eigenvalue weighted by Crippen LogP contribution is 2.27. The number of piperidine rings is 1. The van der Waals surface area contributed by atoms with Crippen molar-refractivity contribution in [3.05, 3.63) is 46.5 Å². The molecule has 2 aliphatic rings. The summed E-state index contributed by atoms with van der Waals surface area (Å²) in [6, 6.07) is 4.46. The molecule has 3 heterocycles. The third kappa shape index (κ3) is 3.43. The van der Waals surface area contributed by atoms with Crippen LogP contribution in [0.5, 0.6) is 0 Å². The van der Waals surface area contributed by atoms with E-state index < -0.39 is 5.82 Å². The van der Waals surface area contributed by atoms with E-state index in [0.29, 0.717) is 19.6 Å². The van der Waals surface area contributed by atoms with Crippen LogP contribution in [-0.4, -0.2) is 40.2 Å². The summed E-state index contributed by atoms with van der Waals surface area (Å²) >= 11 is 5.83. The van der Waals surface area contributed by atoms with Crippen molar-refractivity contribution < 1.29 is 9.18 Å². The number of benzene rings is 1. The predicted octanol–water partition coefficient (Wildman–Crippen LogP) is 3.25. The SMILES string of the molecule is O=C(Cc1ccc(F)c(Cl)c1)N1CCn2ncc(N3CCCCC3)c2C1. The number of hydrogen-bond donors (Lipinski definition) is 0. The molecular weight excluding hydrogens is 355 g/mol. The maximum Gasteiger partial charge on any atom is 0.227 e. The van der Waals surface area contributed by atoms with Crippen LogP contribution < -0.4 is 4.90 Å². The number of carbonyl (C=O) groups excluding carboxylic acids is 1. The second-order valence-electron chi connectivity index (χ2n) is 6.99. The predicted molar refractivity (Wildman–Crippen MR) is 98.8 cm³/mol. The first-order valence-electron chi connectivity index (χ1n) is 9.13. The summed E-state index contributed by atoms with van der Waals surface area (Å²) in [6.07, 6.45) is 5.86. The third-order valence-corrected chi connectivity index (χ3v) is 5.53. The number of fused-ring (bicyclic) bond motifs is 1. The minimum absolute atomic E-state index is 0.0321. The van der Waals surface area contributed by atoms with Crippen LogP contribution in [0.15, 0.2) is 24.4 Å². The molecule has 1 fully saturated rings. The molecule has 0 aliphatic carbocycles. The second kappa shape index (κ2) is 7.27. The molecule has 0 atom stereocenters. The molecule has 1 aromatic carbocycles. The van der Waals surface area contributed by atoms with E-state index in [1.54, 1.807) is 6.07 Å². The van der Waals surface area contributed by atoms with E-state index in [2.05, 4.69) is 10.00 Å². The summed E-state index contributed by atoms with van der Waals surface area (Å²) in [7, 11) is 0. The first-order valence-corrected chi connectivity index (χ1v) is 9.51. The van der Waals surface area contributed by atoms with Crippen molar-refractivity contribution in [2.45, 2.75) is 38.8 Å². The Hall–Kier alpha value is -2.08. The third-order valence-electron chi connectivity index (χ3n) is 5.24. The summed E-state index contributed by atoms with van der Waals surface area (Å²) in [5.41, 5.74) is 3.01. The van der Waals surface area contributed by atoms with Gasteiger partial charge < -0.3 is 9.80 Å². The lowest BCUT2D eigenvalue weighted by Crippen LogP contribution is -2.40. The number of halogens is 2. The first kappa shape index (κ1) is 17.3. The van der Waals surface area contributed by atoms with Gasteiger partial charge in [-0.15, -0.1) is 0 Å². The monoisotopic (exact) mass is 376 g/mol. The first-order chi connectivity index (χ1) is 12.6. The van der Waals surface area contributed by atoms with Gasteiger partial charge in [-0.3, -0.25) is 9.48 Å². The highest BCUT2D eigenvalue weighted by atomic mass is 35.5. The van der Waals surface area contributed by atoms with E-state index in [1.807, 2.05) is 15.8 Å². The van der Waals surface area contributed by atoms with Crippen molar-refractivity contribution in [1.29, 1.82) is 0 Å². The smallest absolute Gasteiger partial charge is 0.227 e. The van der Waals surface area contributed by atoms with Gasteiger partial charge in [-0.25, -0.2) is 4.39 Å². The molecule has 0 radical (unpaired) electrons. The van der Waals surface area contributed by atoms with Crippen LogP contribution in [-0.2, 0) is 24.3 Å². The Morgan fingerprint density at radius 2 is 1.96 bits per heavy atom. The topological polar surface area (TPSA) is 41.4 Å². The number of nitrogens with zero attached hydrogens (tertiary/aromatic N) is 4. The zero-order valence-corrected chi connectivity index (χ0v) is 15.4. The molecule has 1 aromatic heterocycles. The number of hydrogen-bond acceptors (Lipinski definition) is 3. The Labute approximate surface area is 157 Å². The molecule has 26 heavy (non-hydrogen) atoms. The summed E-state index contributed by atoms with van der Waals surface area (Å²) in [5, 5.41) is 4.56. The van der Waals surface area contributed by atoms with Gasteiger partial charge in [-0.1, -0.05) is 17.7 Å². The highest BCUT2D eigenvalue weighted by Gasteiger charge is 2.26. The average Bonchev–Trinajstić information content (AvgIpc) is 3.08. The van der Waals surface area contributed by atoms with Gasteiger partial charge in [0.2, 0.25) is 5.91 Å². The minimum atomic E-state index is -0.462. The van der Waals surface area contributed by atoms with Crippen LogP contribution in [0.1, 0.15) is 30.5 Å². The standard InChI is InChI=1S/C19H22ClFN4O/c20-15-10-14(4-5-16(15)21)11-19(26)24-8-9-25-18(13-24)17(12-22-25)23-6-2-1-3-7-23/h4-5,10,12H,1-3,6-9,11,13H2. The lowest BCUT2D eigenvalue weighted by atomic mass is 10.1. The average molecular weight is 377 g/mol. The molecule has 1 saturated heterocycles. The van der Waals surface area contributed by atoms with Gasteiger partial charge in [0, 0.05) is 19.6 Å². The van der Waals surface area contributed by atoms with Crippen LogP contribution in [0.2, 0.25) is 5.02 Å². The maximum atomic E-state index is 13.3. The van der Waals surface area contributed by atoms with Crippen molar-refractivity contribution >= 4 is 23.2 Å². The van der Waals surface area contributed by atoms with Crippen LogP contribution in [0, 0.1) is 5.82 Å². The zero-order valence-electron chi connectivity index (χ0n) is 14.6. The van der Waals surface area contributed by atoms with Crippen molar-refractivity contribution in [2.24, 2.45) is 0 Å². The highest BCUT2D eigenvalue weighted by molar-refractivity contribution is 6.30. The van der Waals surface area contributed by atoms with E-state index in [1.165, 1.54) is 31.4 Å². The van der Waals surface area contributed by atoms with Gasteiger partial charge in [-0.05, 0) is 37.0 Å². The number of rotatable bonds is 3. The summed E-state index contributed by atoms with van der Waals surface area (Å²) in [4.78, 5) is 17.0. The second-order valence-corrected chi connectivity index (χ2v) is 7.40. The largest absolute Gasteiger partial charge is 0.369 e. The fraction of sp³-hybridized carbons (Fsp3) is 0.474. The van der Waals surface area contributed by atoms with E-state index in [9.17, 15) is 9.18 Å². The number of amides is 1. The Kier molecular flexibility index (Phi) is 4.85. The molecule has 0 unspecified atom stereocenters. The molecule has 138 valence electrons. The van der Waals surface area contributed by atoms with E-state index in [4.69, 9.17) is 11.6 Å². The van der Waals surface area contributed by atoms with Crippen molar-refractivity contribution in [3.8, 4) is 0 Å². The zero-order chi connectivity index (χ0) is 18.1. The minimum Gasteiger partial charge on any atom is -0.369 e. The van der Waals surface area contributed by atoms with Gasteiger partial charge in [-0.2, -0.15) is 5.10 Å². The molecule has 0 saturated carbocycles. The Morgan fingerprint density at radius 3 is 2.73 bits per heavy atom. The normalized spacial score (nSPS) is 17.3. The van der Waals surface area contributed by atoms with E-state index >= 15 is 0 Å². The summed E-state index contributed by atoms with van der Waals surface area (Å²) < 4.78 is 15.3. The van der Waals surface area contributed by atoms with Crippen molar-refractivity contribution in [2.75, 3.05) is 24.5 Å². The summed E-state index contributed by atoms with van der Waals surface area (Å²) in [6.45, 7) is 4.03. The van der Waals surface area contributed by atoms with Crippen LogP contribution in [0.3, 0.4) is 0 Å². The molecule has 1 amide bonds. The van der Waals surface area contributed by atoms with Crippen LogP contribution >= 0.6 is 11.6 Å². The van der Waals surface area contributed by atoms with Crippen LogP contribution in [0.4, 0.5) is 10.1 Å². The van der Waals surface area contributed by atoms with Gasteiger partial charge in [0.15, 0.2) is 0 Å². The molecule has 2 aromatic rings. The molecule has 4 rings (SSSR count). The Morgan fingerprint density at radius 1 is 1.15 bits per heavy atom. The molecule has 0 bridgehead atoms. The van der Waals surface area contributed by atoms with Gasteiger partial charge in [0.1, 0.15) is 5.82 Å². The molecule has 2 aliphatic heterocycles. The molecule has 0 spiro atoms. The van der Waals surface area contributed by atoms with Crippen molar-refractivity contribution in [3.63, 3.8) is 0 Å². The molecular formula is C19H22ClFN4O. The number of anilines is 1. The Balaban J connectivity index is 1.47. The molecule has 5 nitrogen and oxygen atoms in total. The lowest BCUT2D eigenvalue weighted by Gasteiger charge is -2.32. The number of aromatic nitrogens is 2. The quantitative estimate of drug-likeness (QED) is 0.825. The summed E-state index contributed by atoms with van der Waals surface area (Å²) in [5.74, 6) is -0.430.